The van der Waals surface area contributed by atoms with E-state index in [0.29, 0.717) is 13.0 Å². The van der Waals surface area contributed by atoms with E-state index in [-0.39, 0.29) is 17.9 Å². The molecule has 1 aromatic rings. The van der Waals surface area contributed by atoms with Crippen molar-refractivity contribution in [3.63, 3.8) is 0 Å². The van der Waals surface area contributed by atoms with Gasteiger partial charge in [-0.05, 0) is 24.9 Å². The molecule has 4 nitrogen and oxygen atoms in total. The van der Waals surface area contributed by atoms with Crippen molar-refractivity contribution in [1.29, 1.82) is 0 Å². The summed E-state index contributed by atoms with van der Waals surface area (Å²) in [5.74, 6) is 0.518. The first kappa shape index (κ1) is 16.0. The van der Waals surface area contributed by atoms with Crippen LogP contribution in [0.4, 0.5) is 0 Å². The number of hydrogen-bond acceptors (Lipinski definition) is 3. The second-order valence-corrected chi connectivity index (χ2v) is 5.93. The van der Waals surface area contributed by atoms with E-state index < -0.39 is 0 Å². The Morgan fingerprint density at radius 1 is 1.10 bits per heavy atom. The molecule has 0 spiro atoms. The SMILES string of the molecule is NCCCCCCC(=O)N1C[C@@H](N)[C@H](c2ccccc2)C1. The van der Waals surface area contributed by atoms with Crippen molar-refractivity contribution >= 4 is 5.91 Å². The monoisotopic (exact) mass is 289 g/mol. The standard InChI is InChI=1S/C17H27N3O/c18-11-7-2-1-6-10-17(21)20-12-15(16(19)13-20)14-8-4-3-5-9-14/h3-5,8-9,15-16H,1-2,6-7,10-13,18-19H2/t15-,16+/m0/s1. The van der Waals surface area contributed by atoms with Crippen molar-refractivity contribution in [2.75, 3.05) is 19.6 Å². The van der Waals surface area contributed by atoms with E-state index in [9.17, 15) is 4.79 Å². The normalized spacial score (nSPS) is 21.7. The first-order valence-electron chi connectivity index (χ1n) is 8.00. The summed E-state index contributed by atoms with van der Waals surface area (Å²) in [5, 5.41) is 0. The molecule has 1 fully saturated rings. The summed E-state index contributed by atoms with van der Waals surface area (Å²) < 4.78 is 0. The average Bonchev–Trinajstić information content (AvgIpc) is 2.90. The number of rotatable bonds is 7. The van der Waals surface area contributed by atoms with Crippen LogP contribution in [-0.4, -0.2) is 36.5 Å². The van der Waals surface area contributed by atoms with E-state index in [1.54, 1.807) is 0 Å². The minimum absolute atomic E-state index is 0.0496. The predicted octanol–water partition coefficient (Wildman–Crippen LogP) is 1.85. The van der Waals surface area contributed by atoms with Gasteiger partial charge in [0, 0.05) is 31.5 Å². The molecule has 1 aromatic carbocycles. The van der Waals surface area contributed by atoms with E-state index in [1.807, 2.05) is 23.1 Å². The molecule has 0 radical (unpaired) electrons. The highest BCUT2D eigenvalue weighted by Gasteiger charge is 2.33. The maximum Gasteiger partial charge on any atom is 0.222 e. The number of hydrogen-bond donors (Lipinski definition) is 2. The fourth-order valence-electron chi connectivity index (χ4n) is 3.02. The van der Waals surface area contributed by atoms with E-state index in [2.05, 4.69) is 12.1 Å². The van der Waals surface area contributed by atoms with Crippen molar-refractivity contribution in [3.05, 3.63) is 35.9 Å². The Morgan fingerprint density at radius 3 is 2.52 bits per heavy atom. The van der Waals surface area contributed by atoms with Crippen molar-refractivity contribution in [2.45, 2.75) is 44.1 Å². The highest BCUT2D eigenvalue weighted by molar-refractivity contribution is 5.76. The second-order valence-electron chi connectivity index (χ2n) is 5.93. The topological polar surface area (TPSA) is 72.4 Å². The van der Waals surface area contributed by atoms with Gasteiger partial charge < -0.3 is 16.4 Å². The fourth-order valence-corrected chi connectivity index (χ4v) is 3.02. The highest BCUT2D eigenvalue weighted by atomic mass is 16.2. The summed E-state index contributed by atoms with van der Waals surface area (Å²) in [7, 11) is 0. The molecule has 0 unspecified atom stereocenters. The van der Waals surface area contributed by atoms with Gasteiger partial charge in [-0.1, -0.05) is 43.2 Å². The fraction of sp³-hybridized carbons (Fsp3) is 0.588. The smallest absolute Gasteiger partial charge is 0.222 e. The number of benzene rings is 1. The molecule has 1 aliphatic heterocycles. The molecule has 2 rings (SSSR count). The summed E-state index contributed by atoms with van der Waals surface area (Å²) in [4.78, 5) is 14.2. The van der Waals surface area contributed by atoms with Crippen LogP contribution in [0.1, 0.15) is 43.6 Å². The third kappa shape index (κ3) is 4.55. The zero-order valence-electron chi connectivity index (χ0n) is 12.7. The number of carbonyl (C=O) groups excluding carboxylic acids is 1. The molecule has 1 saturated heterocycles. The van der Waals surface area contributed by atoms with Crippen LogP contribution in [0, 0.1) is 0 Å². The van der Waals surface area contributed by atoms with Crippen molar-refractivity contribution < 1.29 is 4.79 Å². The Kier molecular flexibility index (Phi) is 6.21. The van der Waals surface area contributed by atoms with Crippen molar-refractivity contribution in [1.82, 2.24) is 4.90 Å². The van der Waals surface area contributed by atoms with Gasteiger partial charge in [0.25, 0.3) is 0 Å². The summed E-state index contributed by atoms with van der Waals surface area (Å²) in [6.07, 6.45) is 4.86. The highest BCUT2D eigenvalue weighted by Crippen LogP contribution is 2.26. The molecule has 0 aromatic heterocycles. The molecular formula is C17H27N3O. The van der Waals surface area contributed by atoms with Crippen LogP contribution in [-0.2, 0) is 4.79 Å². The number of amides is 1. The molecule has 4 heteroatoms. The van der Waals surface area contributed by atoms with Crippen LogP contribution in [0.5, 0.6) is 0 Å². The molecule has 2 atom stereocenters. The summed E-state index contributed by atoms with van der Waals surface area (Å²) in [5.41, 5.74) is 12.9. The van der Waals surface area contributed by atoms with Gasteiger partial charge in [-0.25, -0.2) is 0 Å². The Hall–Kier alpha value is -1.39. The molecular weight excluding hydrogens is 262 g/mol. The van der Waals surface area contributed by atoms with Gasteiger partial charge >= 0.3 is 0 Å². The summed E-state index contributed by atoms with van der Waals surface area (Å²) >= 11 is 0. The molecule has 1 amide bonds. The minimum Gasteiger partial charge on any atom is -0.340 e. The van der Waals surface area contributed by atoms with Gasteiger partial charge in [0.15, 0.2) is 0 Å². The maximum atomic E-state index is 12.2. The summed E-state index contributed by atoms with van der Waals surface area (Å²) in [6.45, 7) is 2.18. The van der Waals surface area contributed by atoms with Gasteiger partial charge in [0.05, 0.1) is 0 Å². The molecule has 0 saturated carbocycles. The number of unbranched alkanes of at least 4 members (excludes halogenated alkanes) is 3. The Labute approximate surface area is 127 Å². The maximum absolute atomic E-state index is 12.2. The van der Waals surface area contributed by atoms with E-state index >= 15 is 0 Å². The third-order valence-electron chi connectivity index (χ3n) is 4.29. The third-order valence-corrected chi connectivity index (χ3v) is 4.29. The van der Waals surface area contributed by atoms with Gasteiger partial charge in [-0.15, -0.1) is 0 Å². The first-order chi connectivity index (χ1) is 10.2. The van der Waals surface area contributed by atoms with Crippen LogP contribution in [0.2, 0.25) is 0 Å². The van der Waals surface area contributed by atoms with Crippen molar-refractivity contribution in [3.8, 4) is 0 Å². The average molecular weight is 289 g/mol. The lowest BCUT2D eigenvalue weighted by Crippen LogP contribution is -2.32. The predicted molar refractivity (Wildman–Crippen MR) is 85.9 cm³/mol. The van der Waals surface area contributed by atoms with Crippen molar-refractivity contribution in [2.24, 2.45) is 11.5 Å². The molecule has 1 aliphatic rings. The van der Waals surface area contributed by atoms with Gasteiger partial charge in [0.2, 0.25) is 5.91 Å². The largest absolute Gasteiger partial charge is 0.340 e. The number of nitrogens with zero attached hydrogens (tertiary/aromatic N) is 1. The zero-order valence-corrected chi connectivity index (χ0v) is 12.7. The molecule has 0 bridgehead atoms. The Balaban J connectivity index is 1.79. The molecule has 0 aliphatic carbocycles. The van der Waals surface area contributed by atoms with Crippen LogP contribution >= 0.6 is 0 Å². The van der Waals surface area contributed by atoms with Gasteiger partial charge in [0.1, 0.15) is 0 Å². The quantitative estimate of drug-likeness (QED) is 0.752. The zero-order chi connectivity index (χ0) is 15.1. The van der Waals surface area contributed by atoms with Crippen LogP contribution in [0.3, 0.4) is 0 Å². The molecule has 1 heterocycles. The van der Waals surface area contributed by atoms with Gasteiger partial charge in [-0.2, -0.15) is 0 Å². The lowest BCUT2D eigenvalue weighted by atomic mass is 9.95. The van der Waals surface area contributed by atoms with E-state index in [1.165, 1.54) is 5.56 Å². The second kappa shape index (κ2) is 8.15. The number of nitrogens with two attached hydrogens (primary N) is 2. The van der Waals surface area contributed by atoms with Crippen LogP contribution < -0.4 is 11.5 Å². The van der Waals surface area contributed by atoms with E-state index in [4.69, 9.17) is 11.5 Å². The first-order valence-corrected chi connectivity index (χ1v) is 8.00. The summed E-state index contributed by atoms with van der Waals surface area (Å²) in [6, 6.07) is 10.3. The molecule has 21 heavy (non-hydrogen) atoms. The molecule has 116 valence electrons. The minimum atomic E-state index is 0.0496. The van der Waals surface area contributed by atoms with E-state index in [0.717, 1.165) is 38.8 Å². The lowest BCUT2D eigenvalue weighted by Gasteiger charge is -2.16. The Morgan fingerprint density at radius 2 is 1.81 bits per heavy atom. The van der Waals surface area contributed by atoms with Crippen LogP contribution in [0.15, 0.2) is 30.3 Å². The van der Waals surface area contributed by atoms with Gasteiger partial charge in [-0.3, -0.25) is 4.79 Å². The Bertz CT molecular complexity index is 435. The number of likely N-dealkylation sites (tertiary alicyclic amines) is 1. The van der Waals surface area contributed by atoms with Crippen LogP contribution in [0.25, 0.3) is 0 Å². The molecule has 4 N–H and O–H groups in total. The number of carbonyl (C=O) groups is 1. The lowest BCUT2D eigenvalue weighted by molar-refractivity contribution is -0.130.